The maximum Gasteiger partial charge on any atom is 0.123 e. The van der Waals surface area contributed by atoms with E-state index in [0.717, 1.165) is 21.4 Å². The molecule has 0 saturated carbocycles. The number of halogens is 2. The minimum atomic E-state index is -0.274. The molecular formula is C13H14BrFN4. The molecule has 2 rings (SSSR count). The number of hydrogen-bond acceptors (Lipinski definition) is 4. The van der Waals surface area contributed by atoms with Crippen molar-refractivity contribution >= 4 is 15.9 Å². The summed E-state index contributed by atoms with van der Waals surface area (Å²) in [5.41, 5.74) is 5.08. The van der Waals surface area contributed by atoms with Crippen LogP contribution < -0.4 is 11.3 Å². The molecule has 0 radical (unpaired) electrons. The van der Waals surface area contributed by atoms with E-state index in [1.807, 2.05) is 6.92 Å². The zero-order valence-corrected chi connectivity index (χ0v) is 12.0. The highest BCUT2D eigenvalue weighted by molar-refractivity contribution is 9.10. The Morgan fingerprint density at radius 3 is 2.79 bits per heavy atom. The summed E-state index contributed by atoms with van der Waals surface area (Å²) < 4.78 is 14.1. The molecule has 0 spiro atoms. The lowest BCUT2D eigenvalue weighted by Gasteiger charge is -2.16. The lowest BCUT2D eigenvalue weighted by atomic mass is 10.0. The Morgan fingerprint density at radius 2 is 2.16 bits per heavy atom. The number of nitrogens with zero attached hydrogens (tertiary/aromatic N) is 2. The molecule has 0 aliphatic heterocycles. The van der Waals surface area contributed by atoms with Gasteiger partial charge in [-0.05, 0) is 37.1 Å². The van der Waals surface area contributed by atoms with Gasteiger partial charge in [0.15, 0.2) is 0 Å². The average Bonchev–Trinajstić information content (AvgIpc) is 2.41. The summed E-state index contributed by atoms with van der Waals surface area (Å²) in [4.78, 5) is 8.47. The second-order valence-corrected chi connectivity index (χ2v) is 5.10. The highest BCUT2D eigenvalue weighted by Crippen LogP contribution is 2.23. The van der Waals surface area contributed by atoms with Crippen LogP contribution in [0.15, 0.2) is 35.1 Å². The molecule has 2 aromatic rings. The maximum absolute atomic E-state index is 13.3. The summed E-state index contributed by atoms with van der Waals surface area (Å²) in [6, 6.07) is 4.35. The van der Waals surface area contributed by atoms with Crippen molar-refractivity contribution < 1.29 is 4.39 Å². The first-order valence-corrected chi connectivity index (χ1v) is 6.58. The summed E-state index contributed by atoms with van der Waals surface area (Å²) in [5, 5.41) is 0. The van der Waals surface area contributed by atoms with Gasteiger partial charge in [-0.3, -0.25) is 21.2 Å². The van der Waals surface area contributed by atoms with Gasteiger partial charge >= 0.3 is 0 Å². The quantitative estimate of drug-likeness (QED) is 0.669. The summed E-state index contributed by atoms with van der Waals surface area (Å²) >= 11 is 3.40. The van der Waals surface area contributed by atoms with Crippen LogP contribution in [0.2, 0.25) is 0 Å². The van der Waals surface area contributed by atoms with Crippen LogP contribution in [0.4, 0.5) is 4.39 Å². The fourth-order valence-electron chi connectivity index (χ4n) is 1.75. The van der Waals surface area contributed by atoms with Crippen molar-refractivity contribution in [3.05, 3.63) is 57.8 Å². The van der Waals surface area contributed by atoms with Gasteiger partial charge in [-0.25, -0.2) is 4.39 Å². The normalized spacial score (nSPS) is 12.4. The van der Waals surface area contributed by atoms with Gasteiger partial charge in [0.05, 0.1) is 23.6 Å². The van der Waals surface area contributed by atoms with Gasteiger partial charge < -0.3 is 0 Å². The van der Waals surface area contributed by atoms with E-state index in [0.29, 0.717) is 6.42 Å². The van der Waals surface area contributed by atoms with Crippen LogP contribution in [-0.4, -0.2) is 9.97 Å². The number of hydrazine groups is 1. The van der Waals surface area contributed by atoms with E-state index in [-0.39, 0.29) is 11.9 Å². The number of nitrogens with two attached hydrogens (primary N) is 1. The molecule has 6 heteroatoms. The lowest BCUT2D eigenvalue weighted by Crippen LogP contribution is -2.30. The molecule has 1 aromatic carbocycles. The fraction of sp³-hybridized carbons (Fsp3) is 0.231. The van der Waals surface area contributed by atoms with Crippen molar-refractivity contribution in [2.75, 3.05) is 0 Å². The largest absolute Gasteiger partial charge is 0.271 e. The molecule has 1 atom stereocenters. The van der Waals surface area contributed by atoms with Crippen molar-refractivity contribution in [3.63, 3.8) is 0 Å². The van der Waals surface area contributed by atoms with Crippen molar-refractivity contribution in [3.8, 4) is 0 Å². The monoisotopic (exact) mass is 324 g/mol. The Labute approximate surface area is 119 Å². The van der Waals surface area contributed by atoms with Crippen molar-refractivity contribution in [1.29, 1.82) is 0 Å². The number of hydrogen-bond donors (Lipinski definition) is 2. The Balaban J connectivity index is 2.23. The molecule has 1 heterocycles. The first-order valence-electron chi connectivity index (χ1n) is 5.78. The summed E-state index contributed by atoms with van der Waals surface area (Å²) in [5.74, 6) is 5.28. The molecule has 0 aliphatic carbocycles. The van der Waals surface area contributed by atoms with Crippen LogP contribution in [0.25, 0.3) is 0 Å². The Hall–Kier alpha value is -1.37. The van der Waals surface area contributed by atoms with E-state index in [1.54, 1.807) is 18.5 Å². The van der Waals surface area contributed by atoms with E-state index in [2.05, 4.69) is 31.3 Å². The number of aromatic nitrogens is 2. The molecule has 0 fully saturated rings. The zero-order chi connectivity index (χ0) is 13.8. The van der Waals surface area contributed by atoms with Crippen LogP contribution in [0.1, 0.15) is 23.0 Å². The van der Waals surface area contributed by atoms with Crippen LogP contribution in [0, 0.1) is 12.7 Å². The van der Waals surface area contributed by atoms with Crippen LogP contribution >= 0.6 is 15.9 Å². The average molecular weight is 325 g/mol. The second-order valence-electron chi connectivity index (χ2n) is 4.24. The number of aryl methyl sites for hydroxylation is 1. The van der Waals surface area contributed by atoms with Crippen molar-refractivity contribution in [2.45, 2.75) is 19.4 Å². The third-order valence-electron chi connectivity index (χ3n) is 2.79. The standard InChI is InChI=1S/C13H14BrFN4/c1-8-6-18-13(7-17-8)12(19-16)5-9-4-10(15)2-3-11(9)14/h2-4,6-7,12,19H,5,16H2,1H3. The molecule has 1 aromatic heterocycles. The van der Waals surface area contributed by atoms with Gasteiger partial charge in [-0.15, -0.1) is 0 Å². The van der Waals surface area contributed by atoms with Gasteiger partial charge in [0.25, 0.3) is 0 Å². The third-order valence-corrected chi connectivity index (χ3v) is 3.56. The SMILES string of the molecule is Cc1cnc(C(Cc2cc(F)ccc2Br)NN)cn1. The van der Waals surface area contributed by atoms with E-state index in [1.165, 1.54) is 12.1 Å². The molecule has 3 N–H and O–H groups in total. The maximum atomic E-state index is 13.3. The summed E-state index contributed by atoms with van der Waals surface area (Å²) in [7, 11) is 0. The van der Waals surface area contributed by atoms with Gasteiger partial charge in [-0.1, -0.05) is 15.9 Å². The first-order chi connectivity index (χ1) is 9.10. The van der Waals surface area contributed by atoms with Gasteiger partial charge in [-0.2, -0.15) is 0 Å². The zero-order valence-electron chi connectivity index (χ0n) is 10.4. The smallest absolute Gasteiger partial charge is 0.123 e. The second kappa shape index (κ2) is 6.18. The van der Waals surface area contributed by atoms with Crippen molar-refractivity contribution in [2.24, 2.45) is 5.84 Å². The lowest BCUT2D eigenvalue weighted by molar-refractivity contribution is 0.532. The molecule has 0 bridgehead atoms. The first kappa shape index (κ1) is 14.0. The molecule has 0 amide bonds. The molecule has 1 unspecified atom stereocenters. The fourth-order valence-corrected chi connectivity index (χ4v) is 2.16. The molecular weight excluding hydrogens is 311 g/mol. The van der Waals surface area contributed by atoms with E-state index >= 15 is 0 Å². The highest BCUT2D eigenvalue weighted by Gasteiger charge is 2.14. The number of rotatable bonds is 4. The van der Waals surface area contributed by atoms with Crippen LogP contribution in [0.3, 0.4) is 0 Å². The molecule has 19 heavy (non-hydrogen) atoms. The molecule has 0 saturated heterocycles. The minimum Gasteiger partial charge on any atom is -0.271 e. The molecule has 100 valence electrons. The van der Waals surface area contributed by atoms with Gasteiger partial charge in [0.2, 0.25) is 0 Å². The van der Waals surface area contributed by atoms with Crippen LogP contribution in [-0.2, 0) is 6.42 Å². The van der Waals surface area contributed by atoms with E-state index in [4.69, 9.17) is 5.84 Å². The predicted molar refractivity (Wildman–Crippen MR) is 74.6 cm³/mol. The Kier molecular flexibility index (Phi) is 4.57. The van der Waals surface area contributed by atoms with Crippen molar-refractivity contribution in [1.82, 2.24) is 15.4 Å². The van der Waals surface area contributed by atoms with Gasteiger partial charge in [0, 0.05) is 10.7 Å². The number of nitrogens with one attached hydrogen (secondary N) is 1. The summed E-state index contributed by atoms with van der Waals surface area (Å²) in [6.45, 7) is 1.87. The van der Waals surface area contributed by atoms with E-state index < -0.39 is 0 Å². The predicted octanol–water partition coefficient (Wildman–Crippen LogP) is 2.43. The minimum absolute atomic E-state index is 0.216. The topological polar surface area (TPSA) is 63.8 Å². The van der Waals surface area contributed by atoms with Gasteiger partial charge in [0.1, 0.15) is 5.82 Å². The van der Waals surface area contributed by atoms with E-state index in [9.17, 15) is 4.39 Å². The summed E-state index contributed by atoms with van der Waals surface area (Å²) in [6.07, 6.45) is 3.87. The highest BCUT2D eigenvalue weighted by atomic mass is 79.9. The Bertz CT molecular complexity index is 559. The number of benzene rings is 1. The van der Waals surface area contributed by atoms with Crippen LogP contribution in [0.5, 0.6) is 0 Å². The molecule has 4 nitrogen and oxygen atoms in total. The third kappa shape index (κ3) is 3.56. The molecule has 0 aliphatic rings. The Morgan fingerprint density at radius 1 is 1.37 bits per heavy atom.